The van der Waals surface area contributed by atoms with Crippen molar-refractivity contribution in [2.75, 3.05) is 43.1 Å². The minimum Gasteiger partial charge on any atom is -0.508 e. The van der Waals surface area contributed by atoms with Crippen molar-refractivity contribution < 1.29 is 5.11 Å². The van der Waals surface area contributed by atoms with Crippen LogP contribution in [0.25, 0.3) is 5.52 Å². The Bertz CT molecular complexity index is 1390. The van der Waals surface area contributed by atoms with Crippen LogP contribution in [0.15, 0.2) is 42.9 Å². The van der Waals surface area contributed by atoms with Gasteiger partial charge in [-0.3, -0.25) is 0 Å². The highest BCUT2D eigenvalue weighted by Gasteiger charge is 2.22. The van der Waals surface area contributed by atoms with Gasteiger partial charge in [-0.15, -0.1) is 0 Å². The number of nitrogens with zero attached hydrogens (tertiary/aromatic N) is 8. The molecule has 1 aromatic carbocycles. The molecule has 35 heavy (non-hydrogen) atoms. The van der Waals surface area contributed by atoms with E-state index in [1.807, 2.05) is 58.4 Å². The fraction of sp³-hybridized carbons (Fsp3) is 0.292. The highest BCUT2D eigenvalue weighted by Crippen LogP contribution is 2.32. The maximum atomic E-state index is 10.2. The van der Waals surface area contributed by atoms with Crippen LogP contribution in [0.5, 0.6) is 5.75 Å². The summed E-state index contributed by atoms with van der Waals surface area (Å²) in [5.74, 6) is 1.81. The maximum Gasteiger partial charge on any atom is 0.173 e. The zero-order chi connectivity index (χ0) is 25.1. The van der Waals surface area contributed by atoms with Gasteiger partial charge in [0, 0.05) is 31.0 Å². The van der Waals surface area contributed by atoms with Crippen LogP contribution in [0, 0.1) is 18.3 Å². The number of hydrogen-bond acceptors (Lipinski definition) is 10. The quantitative estimate of drug-likeness (QED) is 0.350. The van der Waals surface area contributed by atoms with Gasteiger partial charge in [0.05, 0.1) is 6.04 Å². The van der Waals surface area contributed by atoms with Crippen molar-refractivity contribution >= 4 is 28.7 Å². The number of phenols is 1. The normalized spacial score (nSPS) is 12.0. The summed E-state index contributed by atoms with van der Waals surface area (Å²) in [6.45, 7) is 5.30. The Kier molecular flexibility index (Phi) is 6.66. The number of aromatic nitrogens is 5. The summed E-state index contributed by atoms with van der Waals surface area (Å²) in [6, 6.07) is 10.7. The second kappa shape index (κ2) is 9.82. The Morgan fingerprint density at radius 2 is 2.03 bits per heavy atom. The summed E-state index contributed by atoms with van der Waals surface area (Å²) in [6.07, 6.45) is 3.20. The first-order valence-electron chi connectivity index (χ1n) is 11.1. The molecular weight excluding hydrogens is 444 g/mol. The van der Waals surface area contributed by atoms with Crippen LogP contribution in [-0.2, 0) is 0 Å². The van der Waals surface area contributed by atoms with Gasteiger partial charge in [-0.2, -0.15) is 10.4 Å². The van der Waals surface area contributed by atoms with Crippen molar-refractivity contribution in [1.82, 2.24) is 29.5 Å². The van der Waals surface area contributed by atoms with Crippen molar-refractivity contribution in [2.45, 2.75) is 19.9 Å². The van der Waals surface area contributed by atoms with E-state index in [0.717, 1.165) is 23.3 Å². The fourth-order valence-corrected chi connectivity index (χ4v) is 3.75. The molecule has 0 aliphatic rings. The molecule has 180 valence electrons. The van der Waals surface area contributed by atoms with Gasteiger partial charge in [-0.25, -0.2) is 19.5 Å². The van der Waals surface area contributed by atoms with E-state index in [9.17, 15) is 10.4 Å². The lowest BCUT2D eigenvalue weighted by atomic mass is 10.2. The number of rotatable bonds is 8. The zero-order valence-corrected chi connectivity index (χ0v) is 20.1. The Morgan fingerprint density at radius 3 is 2.74 bits per heavy atom. The number of fused-ring (bicyclic) bond motifs is 1. The number of benzene rings is 1. The lowest BCUT2D eigenvalue weighted by molar-refractivity contribution is 0.418. The molecule has 4 rings (SSSR count). The molecule has 0 saturated heterocycles. The zero-order valence-electron chi connectivity index (χ0n) is 20.1. The predicted octanol–water partition coefficient (Wildman–Crippen LogP) is 2.86. The number of likely N-dealkylation sites (N-methyl/N-ethyl adjacent to an activating group) is 1. The van der Waals surface area contributed by atoms with Crippen LogP contribution >= 0.6 is 0 Å². The summed E-state index contributed by atoms with van der Waals surface area (Å²) < 4.78 is 1.80. The molecule has 0 radical (unpaired) electrons. The van der Waals surface area contributed by atoms with Crippen molar-refractivity contribution in [2.24, 2.45) is 0 Å². The van der Waals surface area contributed by atoms with E-state index < -0.39 is 6.04 Å². The summed E-state index contributed by atoms with van der Waals surface area (Å²) in [7, 11) is 4.02. The van der Waals surface area contributed by atoms with Crippen LogP contribution in [0.3, 0.4) is 0 Å². The van der Waals surface area contributed by atoms with E-state index in [4.69, 9.17) is 15.8 Å². The maximum absolute atomic E-state index is 10.2. The molecule has 0 unspecified atom stereocenters. The van der Waals surface area contributed by atoms with Gasteiger partial charge >= 0.3 is 0 Å². The highest BCUT2D eigenvalue weighted by atomic mass is 16.3. The van der Waals surface area contributed by atoms with Gasteiger partial charge in [0.25, 0.3) is 0 Å². The molecular formula is C24H28N10O. The first kappa shape index (κ1) is 23.7. The van der Waals surface area contributed by atoms with Crippen molar-refractivity contribution in [1.29, 1.82) is 5.26 Å². The number of nitrogen functional groups attached to an aromatic ring is 1. The molecule has 11 heteroatoms. The minimum absolute atomic E-state index is 0.106. The number of anilines is 4. The van der Waals surface area contributed by atoms with Crippen molar-refractivity contribution in [3.8, 4) is 11.8 Å². The van der Waals surface area contributed by atoms with Gasteiger partial charge in [0.1, 0.15) is 40.9 Å². The Hall–Kier alpha value is -4.43. The molecule has 0 aliphatic carbocycles. The van der Waals surface area contributed by atoms with Crippen LogP contribution < -0.4 is 16.0 Å². The number of nitrogens with two attached hydrogens (primary N) is 1. The summed E-state index contributed by atoms with van der Waals surface area (Å²) in [5.41, 5.74) is 8.72. The van der Waals surface area contributed by atoms with E-state index in [1.165, 1.54) is 6.33 Å². The van der Waals surface area contributed by atoms with E-state index >= 15 is 0 Å². The topological polar surface area (TPSA) is 145 Å². The predicted molar refractivity (Wildman–Crippen MR) is 135 cm³/mol. The number of nitrogens with one attached hydrogen (secondary N) is 1. The first-order chi connectivity index (χ1) is 16.8. The number of nitriles is 1. The van der Waals surface area contributed by atoms with E-state index in [2.05, 4.69) is 25.1 Å². The number of aromatic hydroxyl groups is 1. The fourth-order valence-electron chi connectivity index (χ4n) is 3.75. The third kappa shape index (κ3) is 4.92. The minimum atomic E-state index is -0.401. The molecule has 3 aromatic heterocycles. The molecule has 11 nitrogen and oxygen atoms in total. The molecule has 0 aliphatic heterocycles. The monoisotopic (exact) mass is 472 g/mol. The smallest absolute Gasteiger partial charge is 0.173 e. The molecule has 0 fully saturated rings. The van der Waals surface area contributed by atoms with Gasteiger partial charge in [-0.05, 0) is 51.7 Å². The molecule has 0 saturated carbocycles. The molecule has 0 spiro atoms. The molecule has 3 heterocycles. The van der Waals surface area contributed by atoms with Crippen molar-refractivity contribution in [3.63, 3.8) is 0 Å². The lowest BCUT2D eigenvalue weighted by Crippen LogP contribution is -2.30. The highest BCUT2D eigenvalue weighted by molar-refractivity contribution is 5.78. The van der Waals surface area contributed by atoms with E-state index in [0.29, 0.717) is 24.0 Å². The van der Waals surface area contributed by atoms with Gasteiger partial charge in [-0.1, -0.05) is 6.07 Å². The number of phenolic OH excluding ortho intramolecular Hbond substituents is 1. The lowest BCUT2D eigenvalue weighted by Gasteiger charge is -2.27. The number of hydrogen-bond donors (Lipinski definition) is 3. The molecule has 1 atom stereocenters. The van der Waals surface area contributed by atoms with Crippen LogP contribution in [-0.4, -0.2) is 61.8 Å². The second-order valence-electron chi connectivity index (χ2n) is 8.52. The Balaban J connectivity index is 1.82. The molecule has 4 N–H and O–H groups in total. The van der Waals surface area contributed by atoms with Gasteiger partial charge < -0.3 is 26.0 Å². The molecule has 4 aromatic rings. The summed E-state index contributed by atoms with van der Waals surface area (Å²) in [4.78, 5) is 17.2. The van der Waals surface area contributed by atoms with Gasteiger partial charge in [0.2, 0.25) is 0 Å². The van der Waals surface area contributed by atoms with Crippen molar-refractivity contribution in [3.05, 3.63) is 59.8 Å². The Morgan fingerprint density at radius 1 is 1.23 bits per heavy atom. The molecule has 0 amide bonds. The Labute approximate surface area is 203 Å². The average molecular weight is 473 g/mol. The average Bonchev–Trinajstić information content (AvgIpc) is 3.20. The standard InChI is InChI=1S/C24H28N10O/c1-15-8-9-34-20(15)24(33(11-10-32(3)4)17-6-5-7-18(35)12-17)30-22(31-34)16(2)29-23-19(13-25)21(26)27-14-28-23/h5-9,12,14,16,35H,10-11H2,1-4H3,(H3,26,27,28,29)/t16-/m0/s1. The van der Waals surface area contributed by atoms with Crippen LogP contribution in [0.1, 0.15) is 29.9 Å². The number of aryl methyl sites for hydroxylation is 1. The molecule has 0 bridgehead atoms. The summed E-state index contributed by atoms with van der Waals surface area (Å²) in [5, 5.41) is 27.6. The largest absolute Gasteiger partial charge is 0.508 e. The first-order valence-corrected chi connectivity index (χ1v) is 11.1. The summed E-state index contributed by atoms with van der Waals surface area (Å²) >= 11 is 0. The van der Waals surface area contributed by atoms with Crippen LogP contribution in [0.2, 0.25) is 0 Å². The van der Waals surface area contributed by atoms with E-state index in [-0.39, 0.29) is 17.1 Å². The van der Waals surface area contributed by atoms with Gasteiger partial charge in [0.15, 0.2) is 11.6 Å². The van der Waals surface area contributed by atoms with E-state index in [1.54, 1.807) is 16.6 Å². The SMILES string of the molecule is Cc1ccn2nc([C@H](C)Nc3ncnc(N)c3C#N)nc(N(CCN(C)C)c3cccc(O)c3)c12. The van der Waals surface area contributed by atoms with Crippen LogP contribution in [0.4, 0.5) is 23.1 Å². The second-order valence-corrected chi connectivity index (χ2v) is 8.52. The third-order valence-electron chi connectivity index (χ3n) is 5.61. The third-order valence-corrected chi connectivity index (χ3v) is 5.61.